The fourth-order valence-electron chi connectivity index (χ4n) is 2.43. The summed E-state index contributed by atoms with van der Waals surface area (Å²) in [6, 6.07) is 15.1. The average Bonchev–Trinajstić information content (AvgIpc) is 2.54. The standard InChI is InChI=1S/C20H22N2O2/c1-13(2)24-19-7-5-6-16(10-19)14(3)22-20-11-17(15(4)23)8-9-18(20)12-21/h5-11,13-14,22H,1-4H3. The van der Waals surface area contributed by atoms with Gasteiger partial charge in [0.2, 0.25) is 0 Å². The summed E-state index contributed by atoms with van der Waals surface area (Å²) in [6.07, 6.45) is 0.112. The quantitative estimate of drug-likeness (QED) is 0.782. The van der Waals surface area contributed by atoms with Crippen molar-refractivity contribution in [2.75, 3.05) is 5.32 Å². The van der Waals surface area contributed by atoms with Gasteiger partial charge in [0.05, 0.1) is 17.4 Å². The van der Waals surface area contributed by atoms with Gasteiger partial charge in [-0.2, -0.15) is 5.26 Å². The number of nitrogens with one attached hydrogen (secondary N) is 1. The van der Waals surface area contributed by atoms with E-state index in [9.17, 15) is 10.1 Å². The van der Waals surface area contributed by atoms with Gasteiger partial charge in [0, 0.05) is 11.6 Å². The lowest BCUT2D eigenvalue weighted by Gasteiger charge is -2.18. The van der Waals surface area contributed by atoms with E-state index in [0.717, 1.165) is 11.3 Å². The SMILES string of the molecule is CC(=O)c1ccc(C#N)c(NC(C)c2cccc(OC(C)C)c2)c1. The van der Waals surface area contributed by atoms with E-state index < -0.39 is 0 Å². The highest BCUT2D eigenvalue weighted by atomic mass is 16.5. The maximum Gasteiger partial charge on any atom is 0.159 e. The lowest BCUT2D eigenvalue weighted by molar-refractivity contribution is 0.101. The molecule has 2 aromatic rings. The van der Waals surface area contributed by atoms with Crippen LogP contribution in [0, 0.1) is 11.3 Å². The molecule has 124 valence electrons. The lowest BCUT2D eigenvalue weighted by Crippen LogP contribution is -2.10. The molecule has 0 aliphatic rings. The van der Waals surface area contributed by atoms with Crippen molar-refractivity contribution in [3.63, 3.8) is 0 Å². The molecule has 0 aliphatic heterocycles. The molecule has 1 N–H and O–H groups in total. The number of Topliss-reactive ketones (excluding diaryl/α,β-unsaturated/α-hetero) is 1. The fraction of sp³-hybridized carbons (Fsp3) is 0.300. The van der Waals surface area contributed by atoms with Crippen LogP contribution >= 0.6 is 0 Å². The number of nitriles is 1. The Morgan fingerprint density at radius 1 is 1.17 bits per heavy atom. The smallest absolute Gasteiger partial charge is 0.159 e. The second-order valence-electron chi connectivity index (χ2n) is 6.03. The number of ether oxygens (including phenoxy) is 1. The van der Waals surface area contributed by atoms with E-state index in [1.807, 2.05) is 45.0 Å². The Morgan fingerprint density at radius 2 is 1.92 bits per heavy atom. The monoisotopic (exact) mass is 322 g/mol. The number of anilines is 1. The van der Waals surface area contributed by atoms with E-state index >= 15 is 0 Å². The summed E-state index contributed by atoms with van der Waals surface area (Å²) in [5.74, 6) is 0.789. The van der Waals surface area contributed by atoms with E-state index in [0.29, 0.717) is 16.8 Å². The average molecular weight is 322 g/mol. The van der Waals surface area contributed by atoms with Gasteiger partial charge in [0.1, 0.15) is 11.8 Å². The first-order valence-corrected chi connectivity index (χ1v) is 7.99. The number of carbonyl (C=O) groups is 1. The second-order valence-corrected chi connectivity index (χ2v) is 6.03. The maximum absolute atomic E-state index is 11.6. The number of ketones is 1. The molecule has 4 nitrogen and oxygen atoms in total. The third kappa shape index (κ3) is 4.36. The predicted octanol–water partition coefficient (Wildman–Crippen LogP) is 4.72. The van der Waals surface area contributed by atoms with Gasteiger partial charge in [-0.3, -0.25) is 4.79 Å². The molecular weight excluding hydrogens is 300 g/mol. The van der Waals surface area contributed by atoms with Gasteiger partial charge in [0.25, 0.3) is 0 Å². The molecule has 0 bridgehead atoms. The van der Waals surface area contributed by atoms with Crippen LogP contribution in [0.1, 0.15) is 55.2 Å². The number of hydrogen-bond donors (Lipinski definition) is 1. The second kappa shape index (κ2) is 7.65. The Bertz CT molecular complexity index is 775. The van der Waals surface area contributed by atoms with Crippen LogP contribution in [0.25, 0.3) is 0 Å². The van der Waals surface area contributed by atoms with Gasteiger partial charge in [-0.1, -0.05) is 12.1 Å². The summed E-state index contributed by atoms with van der Waals surface area (Å²) in [7, 11) is 0. The van der Waals surface area contributed by atoms with Crippen molar-refractivity contribution >= 4 is 11.5 Å². The summed E-state index contributed by atoms with van der Waals surface area (Å²) < 4.78 is 5.73. The summed E-state index contributed by atoms with van der Waals surface area (Å²) in [4.78, 5) is 11.6. The van der Waals surface area contributed by atoms with E-state index in [2.05, 4.69) is 11.4 Å². The summed E-state index contributed by atoms with van der Waals surface area (Å²) in [5, 5.41) is 12.6. The van der Waals surface area contributed by atoms with Gasteiger partial charge < -0.3 is 10.1 Å². The molecule has 24 heavy (non-hydrogen) atoms. The van der Waals surface area contributed by atoms with Crippen molar-refractivity contribution in [3.05, 3.63) is 59.2 Å². The molecule has 0 saturated heterocycles. The van der Waals surface area contributed by atoms with Crippen LogP contribution in [0.3, 0.4) is 0 Å². The normalized spacial score (nSPS) is 11.7. The highest BCUT2D eigenvalue weighted by molar-refractivity contribution is 5.95. The van der Waals surface area contributed by atoms with E-state index in [1.165, 1.54) is 6.92 Å². The van der Waals surface area contributed by atoms with Crippen LogP contribution in [0.2, 0.25) is 0 Å². The minimum absolute atomic E-state index is 0.0254. The molecule has 0 aromatic heterocycles. The number of nitrogens with zero attached hydrogens (tertiary/aromatic N) is 1. The van der Waals surface area contributed by atoms with Crippen LogP contribution in [0.15, 0.2) is 42.5 Å². The predicted molar refractivity (Wildman–Crippen MR) is 95.4 cm³/mol. The Morgan fingerprint density at radius 3 is 2.54 bits per heavy atom. The third-order valence-electron chi connectivity index (χ3n) is 3.65. The van der Waals surface area contributed by atoms with Crippen LogP contribution in [-0.4, -0.2) is 11.9 Å². The molecular formula is C20H22N2O2. The molecule has 0 aliphatic carbocycles. The molecule has 0 radical (unpaired) electrons. The minimum Gasteiger partial charge on any atom is -0.491 e. The number of hydrogen-bond acceptors (Lipinski definition) is 4. The van der Waals surface area contributed by atoms with Crippen LogP contribution in [-0.2, 0) is 0 Å². The summed E-state index contributed by atoms with van der Waals surface area (Å²) in [5.41, 5.74) is 2.81. The number of benzene rings is 2. The van der Waals surface area contributed by atoms with E-state index in [4.69, 9.17) is 4.74 Å². The molecule has 4 heteroatoms. The van der Waals surface area contributed by atoms with Crippen LogP contribution in [0.4, 0.5) is 5.69 Å². The molecule has 1 atom stereocenters. The summed E-state index contributed by atoms with van der Waals surface area (Å²) in [6.45, 7) is 7.50. The van der Waals surface area contributed by atoms with Crippen molar-refractivity contribution in [3.8, 4) is 11.8 Å². The first-order chi connectivity index (χ1) is 11.4. The molecule has 0 fully saturated rings. The van der Waals surface area contributed by atoms with Crippen LogP contribution < -0.4 is 10.1 Å². The first-order valence-electron chi connectivity index (χ1n) is 7.99. The van der Waals surface area contributed by atoms with Crippen molar-refractivity contribution in [2.24, 2.45) is 0 Å². The molecule has 0 amide bonds. The minimum atomic E-state index is -0.0324. The molecule has 2 rings (SSSR count). The Kier molecular flexibility index (Phi) is 5.59. The first kappa shape index (κ1) is 17.6. The molecule has 0 saturated carbocycles. The van der Waals surface area contributed by atoms with Crippen molar-refractivity contribution in [1.29, 1.82) is 5.26 Å². The third-order valence-corrected chi connectivity index (χ3v) is 3.65. The Hall–Kier alpha value is -2.80. The van der Waals surface area contributed by atoms with Gasteiger partial charge in [0.15, 0.2) is 5.78 Å². The van der Waals surface area contributed by atoms with Gasteiger partial charge >= 0.3 is 0 Å². The maximum atomic E-state index is 11.6. The zero-order valence-corrected chi connectivity index (χ0v) is 14.5. The van der Waals surface area contributed by atoms with Gasteiger partial charge in [-0.15, -0.1) is 0 Å². The summed E-state index contributed by atoms with van der Waals surface area (Å²) >= 11 is 0. The molecule has 0 heterocycles. The molecule has 1 unspecified atom stereocenters. The zero-order valence-electron chi connectivity index (χ0n) is 14.5. The topological polar surface area (TPSA) is 62.1 Å². The highest BCUT2D eigenvalue weighted by Crippen LogP contribution is 2.26. The fourth-order valence-corrected chi connectivity index (χ4v) is 2.43. The van der Waals surface area contributed by atoms with E-state index in [-0.39, 0.29) is 17.9 Å². The zero-order chi connectivity index (χ0) is 17.7. The molecule has 2 aromatic carbocycles. The Labute approximate surface area is 143 Å². The van der Waals surface area contributed by atoms with Crippen molar-refractivity contribution in [2.45, 2.75) is 39.8 Å². The molecule has 0 spiro atoms. The lowest BCUT2D eigenvalue weighted by atomic mass is 10.0. The van der Waals surface area contributed by atoms with Gasteiger partial charge in [-0.25, -0.2) is 0 Å². The largest absolute Gasteiger partial charge is 0.491 e. The highest BCUT2D eigenvalue weighted by Gasteiger charge is 2.12. The van der Waals surface area contributed by atoms with Gasteiger partial charge in [-0.05, 0) is 63.6 Å². The Balaban J connectivity index is 2.26. The van der Waals surface area contributed by atoms with Crippen molar-refractivity contribution in [1.82, 2.24) is 0 Å². The van der Waals surface area contributed by atoms with E-state index in [1.54, 1.807) is 18.2 Å². The van der Waals surface area contributed by atoms with Crippen molar-refractivity contribution < 1.29 is 9.53 Å². The number of rotatable bonds is 6. The number of carbonyl (C=O) groups excluding carboxylic acids is 1. The van der Waals surface area contributed by atoms with Crippen LogP contribution in [0.5, 0.6) is 5.75 Å².